The summed E-state index contributed by atoms with van der Waals surface area (Å²) in [6, 6.07) is 14.9. The van der Waals surface area contributed by atoms with Crippen LogP contribution >= 0.6 is 0 Å². The fraction of sp³-hybridized carbons (Fsp3) is 0.360. The summed E-state index contributed by atoms with van der Waals surface area (Å²) in [6.45, 7) is 3.67. The number of carbonyl (C=O) groups is 1. The lowest BCUT2D eigenvalue weighted by Gasteiger charge is -2.24. The predicted molar refractivity (Wildman–Crippen MR) is 118 cm³/mol. The maximum absolute atomic E-state index is 13.2. The van der Waals surface area contributed by atoms with Crippen molar-refractivity contribution in [1.29, 1.82) is 0 Å². The van der Waals surface area contributed by atoms with Gasteiger partial charge in [0, 0.05) is 11.6 Å². The molecule has 30 heavy (non-hydrogen) atoms. The van der Waals surface area contributed by atoms with Crippen LogP contribution in [0.2, 0.25) is 0 Å². The second-order valence-electron chi connectivity index (χ2n) is 8.06. The number of hydrogen-bond donors (Lipinski definition) is 1. The van der Waals surface area contributed by atoms with Crippen LogP contribution < -0.4 is 15.5 Å². The lowest BCUT2D eigenvalue weighted by Crippen LogP contribution is -2.43. The summed E-state index contributed by atoms with van der Waals surface area (Å²) in [5, 5.41) is 3.50. The highest BCUT2D eigenvalue weighted by molar-refractivity contribution is 5.84. The van der Waals surface area contributed by atoms with Gasteiger partial charge in [-0.25, -0.2) is 0 Å². The molecular weight excluding hydrogens is 378 g/mol. The molecule has 1 aliphatic carbocycles. The highest BCUT2D eigenvalue weighted by Gasteiger charge is 2.25. The number of aryl methyl sites for hydroxylation is 1. The van der Waals surface area contributed by atoms with Gasteiger partial charge in [-0.2, -0.15) is 0 Å². The van der Waals surface area contributed by atoms with E-state index >= 15 is 0 Å². The highest BCUT2D eigenvalue weighted by Crippen LogP contribution is 2.31. The Kier molecular flexibility index (Phi) is 5.88. The highest BCUT2D eigenvalue weighted by atomic mass is 16.5. The number of fused-ring (bicyclic) bond motifs is 1. The van der Waals surface area contributed by atoms with Crippen molar-refractivity contribution in [2.75, 3.05) is 0 Å². The van der Waals surface area contributed by atoms with Crippen molar-refractivity contribution in [2.45, 2.75) is 58.1 Å². The molecule has 3 aromatic rings. The molecule has 0 radical (unpaired) electrons. The first-order valence-electron chi connectivity index (χ1n) is 10.6. The summed E-state index contributed by atoms with van der Waals surface area (Å²) in [7, 11) is 0. The second kappa shape index (κ2) is 8.74. The first kappa shape index (κ1) is 20.2. The largest absolute Gasteiger partial charge is 0.473 e. The van der Waals surface area contributed by atoms with Crippen LogP contribution in [0.5, 0.6) is 5.75 Å². The van der Waals surface area contributed by atoms with E-state index in [-0.39, 0.29) is 23.1 Å². The zero-order valence-corrected chi connectivity index (χ0v) is 17.4. The molecular formula is C25H27NO4. The van der Waals surface area contributed by atoms with Gasteiger partial charge in [0.2, 0.25) is 11.2 Å². The number of rotatable bonds is 5. The van der Waals surface area contributed by atoms with Crippen LogP contribution in [0, 0.1) is 6.92 Å². The molecule has 0 aliphatic heterocycles. The molecule has 1 fully saturated rings. The maximum Gasteiger partial charge on any atom is 0.261 e. The quantitative estimate of drug-likeness (QED) is 0.650. The summed E-state index contributed by atoms with van der Waals surface area (Å²) in [5.74, 6) is 0.212. The van der Waals surface area contributed by atoms with Gasteiger partial charge in [0.05, 0.1) is 5.39 Å². The average Bonchev–Trinajstić information content (AvgIpc) is 2.77. The Morgan fingerprint density at radius 3 is 2.50 bits per heavy atom. The number of carbonyl (C=O) groups excluding carboxylic acids is 1. The first-order valence-corrected chi connectivity index (χ1v) is 10.6. The van der Waals surface area contributed by atoms with E-state index in [1.807, 2.05) is 37.3 Å². The molecule has 1 unspecified atom stereocenters. The van der Waals surface area contributed by atoms with Crippen LogP contribution in [0.15, 0.2) is 57.7 Å². The van der Waals surface area contributed by atoms with Crippen LogP contribution in [0.25, 0.3) is 22.3 Å². The fourth-order valence-electron chi connectivity index (χ4n) is 3.92. The molecule has 4 rings (SSSR count). The van der Waals surface area contributed by atoms with Crippen molar-refractivity contribution in [3.05, 3.63) is 64.3 Å². The van der Waals surface area contributed by atoms with Gasteiger partial charge in [-0.05, 0) is 38.8 Å². The second-order valence-corrected chi connectivity index (χ2v) is 8.06. The van der Waals surface area contributed by atoms with E-state index in [1.165, 1.54) is 6.42 Å². The maximum atomic E-state index is 13.2. The minimum atomic E-state index is -0.805. The topological polar surface area (TPSA) is 68.5 Å². The van der Waals surface area contributed by atoms with Gasteiger partial charge in [-0.1, -0.05) is 61.2 Å². The van der Waals surface area contributed by atoms with Gasteiger partial charge in [-0.15, -0.1) is 0 Å². The van der Waals surface area contributed by atoms with Crippen LogP contribution in [0.1, 0.15) is 44.6 Å². The van der Waals surface area contributed by atoms with E-state index in [1.54, 1.807) is 25.1 Å². The monoisotopic (exact) mass is 405 g/mol. The van der Waals surface area contributed by atoms with Gasteiger partial charge in [0.25, 0.3) is 5.91 Å². The molecule has 1 N–H and O–H groups in total. The molecule has 5 heteroatoms. The van der Waals surface area contributed by atoms with E-state index in [0.29, 0.717) is 16.7 Å². The number of hydrogen-bond acceptors (Lipinski definition) is 4. The summed E-state index contributed by atoms with van der Waals surface area (Å²) >= 11 is 0. The molecule has 1 saturated carbocycles. The van der Waals surface area contributed by atoms with Crippen molar-refractivity contribution in [3.63, 3.8) is 0 Å². The van der Waals surface area contributed by atoms with Crippen molar-refractivity contribution < 1.29 is 13.9 Å². The molecule has 1 amide bonds. The fourth-order valence-corrected chi connectivity index (χ4v) is 3.92. The van der Waals surface area contributed by atoms with Crippen LogP contribution in [-0.4, -0.2) is 18.1 Å². The average molecular weight is 405 g/mol. The summed E-state index contributed by atoms with van der Waals surface area (Å²) < 4.78 is 12.0. The third-order valence-electron chi connectivity index (χ3n) is 5.69. The standard InChI is InChI=1S/C25H27NO4/c1-16-12-14-18(15-13-16)23-24(22(27)20-10-6-7-11-21(20)30-23)29-17(2)25(28)26-19-8-4-3-5-9-19/h6-7,10-15,17,19H,3-5,8-9H2,1-2H3,(H,26,28). The Balaban J connectivity index is 1.68. The van der Waals surface area contributed by atoms with Gasteiger partial charge in [-0.3, -0.25) is 9.59 Å². The van der Waals surface area contributed by atoms with Gasteiger partial charge in [0.15, 0.2) is 11.9 Å². The minimum absolute atomic E-state index is 0.0730. The van der Waals surface area contributed by atoms with Crippen molar-refractivity contribution in [3.8, 4) is 17.1 Å². The molecule has 2 aromatic carbocycles. The van der Waals surface area contributed by atoms with E-state index < -0.39 is 6.10 Å². The van der Waals surface area contributed by atoms with E-state index in [2.05, 4.69) is 5.32 Å². The van der Waals surface area contributed by atoms with Crippen LogP contribution in [-0.2, 0) is 4.79 Å². The van der Waals surface area contributed by atoms with Gasteiger partial charge < -0.3 is 14.5 Å². The Bertz CT molecular complexity index is 1090. The Morgan fingerprint density at radius 2 is 1.77 bits per heavy atom. The molecule has 0 saturated heterocycles. The van der Waals surface area contributed by atoms with Crippen molar-refractivity contribution >= 4 is 16.9 Å². The van der Waals surface area contributed by atoms with E-state index in [9.17, 15) is 9.59 Å². The SMILES string of the molecule is Cc1ccc(-c2oc3ccccc3c(=O)c2OC(C)C(=O)NC2CCCCC2)cc1. The number of para-hydroxylation sites is 1. The summed E-state index contributed by atoms with van der Waals surface area (Å²) in [6.07, 6.45) is 4.66. The van der Waals surface area contributed by atoms with E-state index in [0.717, 1.165) is 36.8 Å². The molecule has 0 spiro atoms. The number of benzene rings is 2. The number of nitrogens with one attached hydrogen (secondary N) is 1. The summed E-state index contributed by atoms with van der Waals surface area (Å²) in [5.41, 5.74) is 2.05. The Morgan fingerprint density at radius 1 is 1.07 bits per heavy atom. The molecule has 1 aromatic heterocycles. The number of ether oxygens (including phenoxy) is 1. The third kappa shape index (κ3) is 4.25. The molecule has 1 aliphatic rings. The van der Waals surface area contributed by atoms with Gasteiger partial charge >= 0.3 is 0 Å². The van der Waals surface area contributed by atoms with Crippen LogP contribution in [0.3, 0.4) is 0 Å². The molecule has 5 nitrogen and oxygen atoms in total. The smallest absolute Gasteiger partial charge is 0.261 e. The minimum Gasteiger partial charge on any atom is -0.473 e. The molecule has 1 heterocycles. The van der Waals surface area contributed by atoms with Crippen LogP contribution in [0.4, 0.5) is 0 Å². The molecule has 156 valence electrons. The third-order valence-corrected chi connectivity index (χ3v) is 5.69. The van der Waals surface area contributed by atoms with Crippen molar-refractivity contribution in [1.82, 2.24) is 5.32 Å². The lowest BCUT2D eigenvalue weighted by molar-refractivity contribution is -0.128. The number of amides is 1. The predicted octanol–water partition coefficient (Wildman–Crippen LogP) is 4.98. The zero-order valence-electron chi connectivity index (χ0n) is 17.4. The molecule has 1 atom stereocenters. The Labute approximate surface area is 176 Å². The Hall–Kier alpha value is -3.08. The lowest BCUT2D eigenvalue weighted by atomic mass is 9.95. The van der Waals surface area contributed by atoms with Gasteiger partial charge in [0.1, 0.15) is 5.58 Å². The molecule has 0 bridgehead atoms. The first-order chi connectivity index (χ1) is 14.5. The zero-order chi connectivity index (χ0) is 21.1. The normalized spacial score (nSPS) is 15.7. The van der Waals surface area contributed by atoms with Crippen molar-refractivity contribution in [2.24, 2.45) is 0 Å². The summed E-state index contributed by atoms with van der Waals surface area (Å²) in [4.78, 5) is 25.9. The van der Waals surface area contributed by atoms with E-state index in [4.69, 9.17) is 9.15 Å².